The number of phenols is 1. The Labute approximate surface area is 130 Å². The van der Waals surface area contributed by atoms with Gasteiger partial charge in [0, 0.05) is 42.8 Å². The molecule has 6 heteroatoms. The molecule has 118 valence electrons. The van der Waals surface area contributed by atoms with E-state index >= 15 is 0 Å². The van der Waals surface area contributed by atoms with Crippen molar-refractivity contribution < 1.29 is 14.6 Å². The molecular formula is C15H23ClN2O3. The number of morpholine rings is 1. The van der Waals surface area contributed by atoms with Crippen LogP contribution in [0.5, 0.6) is 11.5 Å². The second kappa shape index (κ2) is 7.84. The zero-order chi connectivity index (χ0) is 15.2. The maximum atomic E-state index is 10.1. The van der Waals surface area contributed by atoms with Crippen molar-refractivity contribution in [1.29, 1.82) is 0 Å². The van der Waals surface area contributed by atoms with Crippen molar-refractivity contribution in [3.8, 4) is 11.5 Å². The second-order valence-electron chi connectivity index (χ2n) is 5.13. The minimum atomic E-state index is 0.133. The third-order valence-electron chi connectivity index (χ3n) is 3.70. The molecule has 0 amide bonds. The summed E-state index contributed by atoms with van der Waals surface area (Å²) >= 11 is 6.02. The van der Waals surface area contributed by atoms with E-state index < -0.39 is 0 Å². The van der Waals surface area contributed by atoms with E-state index in [-0.39, 0.29) is 11.9 Å². The molecule has 1 aromatic rings. The first-order valence-electron chi connectivity index (χ1n) is 7.24. The molecule has 21 heavy (non-hydrogen) atoms. The lowest BCUT2D eigenvalue weighted by Crippen LogP contribution is -2.46. The number of likely N-dealkylation sites (N-methyl/N-ethyl adjacent to an activating group) is 1. The lowest BCUT2D eigenvalue weighted by Gasteiger charge is -2.32. The lowest BCUT2D eigenvalue weighted by atomic mass is 10.1. The molecule has 1 aromatic carbocycles. The van der Waals surface area contributed by atoms with Gasteiger partial charge in [0.1, 0.15) is 0 Å². The van der Waals surface area contributed by atoms with Crippen LogP contribution < -0.4 is 10.1 Å². The highest BCUT2D eigenvalue weighted by Crippen LogP contribution is 2.33. The predicted octanol–water partition coefficient (Wildman–Crippen LogP) is 1.86. The van der Waals surface area contributed by atoms with Crippen LogP contribution in [-0.2, 0) is 11.3 Å². The number of nitrogens with one attached hydrogen (secondary N) is 1. The quantitative estimate of drug-likeness (QED) is 0.839. The van der Waals surface area contributed by atoms with Crippen molar-refractivity contribution in [2.24, 2.45) is 0 Å². The largest absolute Gasteiger partial charge is 0.504 e. The molecule has 0 saturated carbocycles. The predicted molar refractivity (Wildman–Crippen MR) is 83.2 cm³/mol. The van der Waals surface area contributed by atoms with E-state index in [9.17, 15) is 5.11 Å². The van der Waals surface area contributed by atoms with E-state index in [1.807, 2.05) is 0 Å². The molecule has 0 bridgehead atoms. The molecule has 1 fully saturated rings. The zero-order valence-electron chi connectivity index (χ0n) is 12.6. The molecule has 1 aliphatic rings. The highest BCUT2D eigenvalue weighted by Gasteiger charge is 2.19. The fourth-order valence-electron chi connectivity index (χ4n) is 2.48. The monoisotopic (exact) mass is 314 g/mol. The van der Waals surface area contributed by atoms with Crippen LogP contribution in [0.25, 0.3) is 0 Å². The van der Waals surface area contributed by atoms with Crippen LogP contribution in [-0.4, -0.2) is 56.0 Å². The summed E-state index contributed by atoms with van der Waals surface area (Å²) in [5.74, 6) is 0.527. The van der Waals surface area contributed by atoms with Gasteiger partial charge < -0.3 is 19.9 Å². The Kier molecular flexibility index (Phi) is 6.11. The lowest BCUT2D eigenvalue weighted by molar-refractivity contribution is -0.0253. The summed E-state index contributed by atoms with van der Waals surface area (Å²) in [5.41, 5.74) is 0.725. The van der Waals surface area contributed by atoms with Crippen molar-refractivity contribution in [3.05, 3.63) is 22.7 Å². The third kappa shape index (κ3) is 4.48. The Hall–Kier alpha value is -1.01. The standard InChI is InChI=1S/C15H23ClN2O3/c1-3-18-4-5-21-13(10-18)9-17-8-11-6-12(16)7-14(20-2)15(11)19/h6-7,13,17,19H,3-5,8-10H2,1-2H3. The summed E-state index contributed by atoms with van der Waals surface area (Å²) in [6.07, 6.45) is 0.182. The molecule has 1 heterocycles. The van der Waals surface area contributed by atoms with E-state index in [0.717, 1.165) is 38.3 Å². The van der Waals surface area contributed by atoms with Crippen LogP contribution in [0, 0.1) is 0 Å². The molecule has 1 unspecified atom stereocenters. The molecule has 0 spiro atoms. The van der Waals surface area contributed by atoms with Crippen LogP contribution in [0.2, 0.25) is 5.02 Å². The average Bonchev–Trinajstić information content (AvgIpc) is 2.50. The van der Waals surface area contributed by atoms with Crippen molar-refractivity contribution in [2.45, 2.75) is 19.6 Å². The van der Waals surface area contributed by atoms with Gasteiger partial charge in [-0.05, 0) is 12.6 Å². The average molecular weight is 315 g/mol. The first kappa shape index (κ1) is 16.4. The Morgan fingerprint density at radius 3 is 3.05 bits per heavy atom. The molecule has 2 N–H and O–H groups in total. The van der Waals surface area contributed by atoms with Gasteiger partial charge in [0.25, 0.3) is 0 Å². The highest BCUT2D eigenvalue weighted by molar-refractivity contribution is 6.30. The topological polar surface area (TPSA) is 54.0 Å². The number of rotatable bonds is 6. The number of hydrogen-bond donors (Lipinski definition) is 2. The van der Waals surface area contributed by atoms with Crippen molar-refractivity contribution in [3.63, 3.8) is 0 Å². The molecule has 5 nitrogen and oxygen atoms in total. The summed E-state index contributed by atoms with van der Waals surface area (Å²) in [6, 6.07) is 3.34. The van der Waals surface area contributed by atoms with E-state index in [1.54, 1.807) is 12.1 Å². The van der Waals surface area contributed by atoms with Gasteiger partial charge in [-0.15, -0.1) is 0 Å². The smallest absolute Gasteiger partial charge is 0.162 e. The summed E-state index contributed by atoms with van der Waals surface area (Å²) in [7, 11) is 1.51. The van der Waals surface area contributed by atoms with Crippen LogP contribution >= 0.6 is 11.6 Å². The third-order valence-corrected chi connectivity index (χ3v) is 3.91. The highest BCUT2D eigenvalue weighted by atomic mass is 35.5. The number of benzene rings is 1. The van der Waals surface area contributed by atoms with Crippen LogP contribution in [0.4, 0.5) is 0 Å². The Bertz CT molecular complexity index is 470. The Morgan fingerprint density at radius 1 is 1.52 bits per heavy atom. The summed E-state index contributed by atoms with van der Waals surface area (Å²) < 4.78 is 10.8. The van der Waals surface area contributed by atoms with Crippen molar-refractivity contribution in [2.75, 3.05) is 39.9 Å². The van der Waals surface area contributed by atoms with Gasteiger partial charge in [-0.25, -0.2) is 0 Å². The van der Waals surface area contributed by atoms with Gasteiger partial charge in [0.15, 0.2) is 11.5 Å². The number of phenolic OH excluding ortho intramolecular Hbond substituents is 1. The molecular weight excluding hydrogens is 292 g/mol. The van der Waals surface area contributed by atoms with Gasteiger partial charge >= 0.3 is 0 Å². The van der Waals surface area contributed by atoms with Gasteiger partial charge in [-0.2, -0.15) is 0 Å². The minimum absolute atomic E-state index is 0.133. The molecule has 1 atom stereocenters. The van der Waals surface area contributed by atoms with Gasteiger partial charge in [0.05, 0.1) is 19.8 Å². The normalized spacial score (nSPS) is 19.7. The number of ether oxygens (including phenoxy) is 2. The van der Waals surface area contributed by atoms with Crippen molar-refractivity contribution in [1.82, 2.24) is 10.2 Å². The second-order valence-corrected chi connectivity index (χ2v) is 5.57. The molecule has 2 rings (SSSR count). The molecule has 0 aliphatic carbocycles. The van der Waals surface area contributed by atoms with E-state index in [4.69, 9.17) is 21.1 Å². The number of hydrogen-bond acceptors (Lipinski definition) is 5. The first-order valence-corrected chi connectivity index (χ1v) is 7.61. The number of nitrogens with zero attached hydrogens (tertiary/aromatic N) is 1. The molecule has 0 radical (unpaired) electrons. The van der Waals surface area contributed by atoms with Crippen LogP contribution in [0.1, 0.15) is 12.5 Å². The first-order chi connectivity index (χ1) is 10.1. The number of methoxy groups -OCH3 is 1. The fourth-order valence-corrected chi connectivity index (χ4v) is 2.71. The SMILES string of the molecule is CCN1CCOC(CNCc2cc(Cl)cc(OC)c2O)C1. The van der Waals surface area contributed by atoms with E-state index in [0.29, 0.717) is 17.3 Å². The number of aromatic hydroxyl groups is 1. The summed E-state index contributed by atoms with van der Waals surface area (Å²) in [5, 5.41) is 13.9. The molecule has 1 saturated heterocycles. The van der Waals surface area contributed by atoms with E-state index in [2.05, 4.69) is 17.1 Å². The summed E-state index contributed by atoms with van der Waals surface area (Å²) in [6.45, 7) is 7.18. The maximum Gasteiger partial charge on any atom is 0.162 e. The van der Waals surface area contributed by atoms with Crippen LogP contribution in [0.15, 0.2) is 12.1 Å². The van der Waals surface area contributed by atoms with Crippen molar-refractivity contribution >= 4 is 11.6 Å². The van der Waals surface area contributed by atoms with Crippen LogP contribution in [0.3, 0.4) is 0 Å². The Balaban J connectivity index is 1.87. The minimum Gasteiger partial charge on any atom is -0.504 e. The maximum absolute atomic E-state index is 10.1. The molecule has 1 aliphatic heterocycles. The van der Waals surface area contributed by atoms with Gasteiger partial charge in [0.2, 0.25) is 0 Å². The van der Waals surface area contributed by atoms with E-state index in [1.165, 1.54) is 7.11 Å². The van der Waals surface area contributed by atoms with Gasteiger partial charge in [-0.1, -0.05) is 18.5 Å². The fraction of sp³-hybridized carbons (Fsp3) is 0.600. The zero-order valence-corrected chi connectivity index (χ0v) is 13.3. The molecule has 0 aromatic heterocycles. The Morgan fingerprint density at radius 2 is 2.33 bits per heavy atom. The summed E-state index contributed by atoms with van der Waals surface area (Å²) in [4.78, 5) is 2.37. The van der Waals surface area contributed by atoms with Gasteiger partial charge in [-0.3, -0.25) is 4.90 Å². The number of halogens is 1.